The van der Waals surface area contributed by atoms with Crippen LogP contribution in [0.1, 0.15) is 108 Å². The van der Waals surface area contributed by atoms with Crippen LogP contribution in [-0.4, -0.2) is 18.0 Å². The molecule has 0 radical (unpaired) electrons. The predicted octanol–water partition coefficient (Wildman–Crippen LogP) is 8.42. The first-order valence-corrected chi connectivity index (χ1v) is 11.9. The molecule has 0 saturated carbocycles. The van der Waals surface area contributed by atoms with Crippen LogP contribution in [0.5, 0.6) is 0 Å². The lowest BCUT2D eigenvalue weighted by Gasteiger charge is -2.35. The molecule has 0 spiro atoms. The van der Waals surface area contributed by atoms with Crippen molar-refractivity contribution in [2.24, 2.45) is 11.8 Å². The molecule has 0 heterocycles. The Balaban J connectivity index is -0.000000347. The summed E-state index contributed by atoms with van der Waals surface area (Å²) in [5, 5.41) is 0. The van der Waals surface area contributed by atoms with Gasteiger partial charge in [0.2, 0.25) is 0 Å². The molecule has 0 bridgehead atoms. The second-order valence-corrected chi connectivity index (χ2v) is 6.61. The predicted molar refractivity (Wildman–Crippen MR) is 133 cm³/mol. The zero-order valence-electron chi connectivity index (χ0n) is 21.6. The van der Waals surface area contributed by atoms with Gasteiger partial charge in [0.25, 0.3) is 0 Å². The maximum Gasteiger partial charge on any atom is 0.178 e. The van der Waals surface area contributed by atoms with Crippen LogP contribution < -0.4 is 0 Å². The van der Waals surface area contributed by atoms with Crippen molar-refractivity contribution >= 4 is 5.78 Å². The minimum Gasteiger partial charge on any atom is -0.366 e. The van der Waals surface area contributed by atoms with E-state index in [2.05, 4.69) is 47.5 Å². The Morgan fingerprint density at radius 2 is 1.52 bits per heavy atom. The second-order valence-electron chi connectivity index (χ2n) is 6.61. The molecule has 2 nitrogen and oxygen atoms in total. The van der Waals surface area contributed by atoms with Gasteiger partial charge in [-0.3, -0.25) is 4.79 Å². The summed E-state index contributed by atoms with van der Waals surface area (Å²) in [4.78, 5) is 11.6. The molecule has 29 heavy (non-hydrogen) atoms. The molecular weight excluding hydrogens is 356 g/mol. The molecule has 2 unspecified atom stereocenters. The van der Waals surface area contributed by atoms with Crippen LogP contribution in [0.3, 0.4) is 0 Å². The summed E-state index contributed by atoms with van der Waals surface area (Å²) >= 11 is 0. The zero-order chi connectivity index (χ0) is 23.9. The van der Waals surface area contributed by atoms with Gasteiger partial charge in [-0.2, -0.15) is 0 Å². The van der Waals surface area contributed by atoms with E-state index >= 15 is 0 Å². The smallest absolute Gasteiger partial charge is 0.178 e. The molecule has 1 rings (SSSR count). The number of terminal acetylenes is 1. The minimum atomic E-state index is -0.338. The molecule has 172 valence electrons. The molecule has 0 N–H and O–H groups in total. The Hall–Kier alpha value is -1.33. The number of carbonyl (C=O) groups is 1. The number of ketones is 1. The van der Waals surface area contributed by atoms with Crippen molar-refractivity contribution in [1.82, 2.24) is 0 Å². The van der Waals surface area contributed by atoms with E-state index in [-0.39, 0.29) is 11.4 Å². The molecular formula is C27H52O2. The fraction of sp³-hybridized carbons (Fsp3) is 0.741. The Morgan fingerprint density at radius 1 is 1.00 bits per heavy atom. The van der Waals surface area contributed by atoms with Gasteiger partial charge >= 0.3 is 0 Å². The molecule has 2 heteroatoms. The molecule has 0 saturated heterocycles. The summed E-state index contributed by atoms with van der Waals surface area (Å²) < 4.78 is 6.34. The third kappa shape index (κ3) is 15.2. The number of unbranched alkanes of at least 4 members (excludes halogenated alkanes) is 1. The number of rotatable bonds is 9. The quantitative estimate of drug-likeness (QED) is 0.358. The van der Waals surface area contributed by atoms with E-state index in [9.17, 15) is 4.79 Å². The van der Waals surface area contributed by atoms with E-state index in [0.717, 1.165) is 44.3 Å². The van der Waals surface area contributed by atoms with Gasteiger partial charge in [-0.25, -0.2) is 0 Å². The van der Waals surface area contributed by atoms with E-state index in [0.29, 0.717) is 11.8 Å². The van der Waals surface area contributed by atoms with Gasteiger partial charge in [0.15, 0.2) is 5.78 Å². The molecule has 0 aromatic carbocycles. The van der Waals surface area contributed by atoms with Gasteiger partial charge in [-0.1, -0.05) is 89.0 Å². The third-order valence-electron chi connectivity index (χ3n) is 4.73. The average Bonchev–Trinajstić information content (AvgIpc) is 2.79. The van der Waals surface area contributed by atoms with Gasteiger partial charge in [0.05, 0.1) is 0 Å². The van der Waals surface area contributed by atoms with Crippen LogP contribution in [-0.2, 0) is 9.53 Å². The molecule has 1 aliphatic carbocycles. The number of carbonyl (C=O) groups excluding carboxylic acids is 1. The standard InChI is InChI=1S/C19H32O2.3C2H6.C2H2/c1-6-8-11-19(21-13-10-16(5)15(3)4)12-9-18(20)14-17(19)7-2;4*1-2/h9,12,14-16H,6-8,10-11,13H2,1-5H3;3*1-2H3;1-2H. The van der Waals surface area contributed by atoms with Crippen molar-refractivity contribution in [1.29, 1.82) is 0 Å². The van der Waals surface area contributed by atoms with Crippen LogP contribution in [0.2, 0.25) is 0 Å². The number of ether oxygens (including phenoxy) is 1. The summed E-state index contributed by atoms with van der Waals surface area (Å²) in [6, 6.07) is 0. The van der Waals surface area contributed by atoms with E-state index in [4.69, 9.17) is 4.74 Å². The first-order chi connectivity index (χ1) is 13.9. The largest absolute Gasteiger partial charge is 0.366 e. The summed E-state index contributed by atoms with van der Waals surface area (Å²) in [6.45, 7) is 23.9. The number of hydrogen-bond acceptors (Lipinski definition) is 2. The normalized spacial score (nSPS) is 17.7. The summed E-state index contributed by atoms with van der Waals surface area (Å²) in [5.41, 5.74) is 0.802. The molecule has 0 aliphatic heterocycles. The topological polar surface area (TPSA) is 26.3 Å². The maximum absolute atomic E-state index is 11.6. The third-order valence-corrected chi connectivity index (χ3v) is 4.73. The van der Waals surface area contributed by atoms with Gasteiger partial charge < -0.3 is 4.74 Å². The van der Waals surface area contributed by atoms with Crippen molar-refractivity contribution < 1.29 is 9.53 Å². The van der Waals surface area contributed by atoms with Crippen LogP contribution in [0.4, 0.5) is 0 Å². The first-order valence-electron chi connectivity index (χ1n) is 11.9. The number of allylic oxidation sites excluding steroid dienone is 2. The van der Waals surface area contributed by atoms with E-state index in [1.54, 1.807) is 12.2 Å². The van der Waals surface area contributed by atoms with Gasteiger partial charge in [0.1, 0.15) is 5.60 Å². The minimum absolute atomic E-state index is 0.0955. The molecule has 0 aromatic heterocycles. The highest BCUT2D eigenvalue weighted by atomic mass is 16.5. The first kappa shape index (κ1) is 35.1. The fourth-order valence-electron chi connectivity index (χ4n) is 2.72. The average molecular weight is 409 g/mol. The monoisotopic (exact) mass is 408 g/mol. The maximum atomic E-state index is 11.6. The second kappa shape index (κ2) is 24.7. The summed E-state index contributed by atoms with van der Waals surface area (Å²) in [7, 11) is 0. The van der Waals surface area contributed by atoms with E-state index in [1.165, 1.54) is 0 Å². The van der Waals surface area contributed by atoms with Crippen LogP contribution in [0.25, 0.3) is 0 Å². The highest BCUT2D eigenvalue weighted by Gasteiger charge is 2.34. The van der Waals surface area contributed by atoms with Crippen LogP contribution in [0, 0.1) is 24.7 Å². The molecule has 0 fully saturated rings. The highest BCUT2D eigenvalue weighted by Crippen LogP contribution is 2.34. The zero-order valence-corrected chi connectivity index (χ0v) is 21.6. The van der Waals surface area contributed by atoms with Crippen molar-refractivity contribution in [3.8, 4) is 12.8 Å². The Labute approximate surface area is 184 Å². The lowest BCUT2D eigenvalue weighted by atomic mass is 9.82. The van der Waals surface area contributed by atoms with Gasteiger partial charge in [0, 0.05) is 6.61 Å². The molecule has 2 atom stereocenters. The van der Waals surface area contributed by atoms with E-state index in [1.807, 2.05) is 47.6 Å². The van der Waals surface area contributed by atoms with E-state index < -0.39 is 0 Å². The fourth-order valence-corrected chi connectivity index (χ4v) is 2.72. The van der Waals surface area contributed by atoms with Crippen molar-refractivity contribution in [2.75, 3.05) is 6.61 Å². The van der Waals surface area contributed by atoms with Gasteiger partial charge in [-0.15, -0.1) is 12.8 Å². The Bertz CT molecular complexity index is 429. The Kier molecular flexibility index (Phi) is 29.9. The lowest BCUT2D eigenvalue weighted by molar-refractivity contribution is -0.111. The van der Waals surface area contributed by atoms with Crippen LogP contribution in [0.15, 0.2) is 23.8 Å². The van der Waals surface area contributed by atoms with Crippen molar-refractivity contribution in [3.05, 3.63) is 23.8 Å². The SMILES string of the molecule is C#C.CC.CC.CC.CCCCC1(OCCC(C)C(C)C)C=CC(=O)C=C1CC. The summed E-state index contributed by atoms with van der Waals surface area (Å²) in [5.74, 6) is 1.44. The molecule has 0 amide bonds. The lowest BCUT2D eigenvalue weighted by Crippen LogP contribution is -2.36. The summed E-state index contributed by atoms with van der Waals surface area (Å²) in [6.07, 6.45) is 18.7. The van der Waals surface area contributed by atoms with Gasteiger partial charge in [-0.05, 0) is 54.9 Å². The Morgan fingerprint density at radius 3 is 1.93 bits per heavy atom. The van der Waals surface area contributed by atoms with Crippen molar-refractivity contribution in [2.45, 2.75) is 114 Å². The molecule has 0 aromatic rings. The van der Waals surface area contributed by atoms with Crippen LogP contribution >= 0.6 is 0 Å². The van der Waals surface area contributed by atoms with Crippen molar-refractivity contribution in [3.63, 3.8) is 0 Å². The molecule has 1 aliphatic rings. The highest BCUT2D eigenvalue weighted by molar-refractivity contribution is 6.01. The number of hydrogen-bond donors (Lipinski definition) is 0.